The van der Waals surface area contributed by atoms with Gasteiger partial charge in [0.2, 0.25) is 11.9 Å². The average molecular weight is 459 g/mol. The molecule has 0 bridgehead atoms. The molecule has 1 aliphatic heterocycles. The number of rotatable bonds is 6. The number of carbonyl (C=O) groups excluding carboxylic acids is 1. The molecule has 174 valence electrons. The minimum atomic E-state index is -0.557. The van der Waals surface area contributed by atoms with Crippen molar-refractivity contribution in [3.8, 4) is 0 Å². The number of carbonyl (C=O) groups is 1. The first-order valence-corrected chi connectivity index (χ1v) is 11.4. The third-order valence-corrected chi connectivity index (χ3v) is 5.82. The van der Waals surface area contributed by atoms with E-state index in [0.29, 0.717) is 22.7 Å². The van der Waals surface area contributed by atoms with Gasteiger partial charge in [-0.2, -0.15) is 4.98 Å². The molecule has 0 radical (unpaired) electrons. The van der Waals surface area contributed by atoms with E-state index in [1.54, 1.807) is 36.4 Å². The number of nitrogens with zero attached hydrogens (tertiary/aromatic N) is 4. The zero-order chi connectivity index (χ0) is 23.5. The number of hydrogen-bond donors (Lipinski definition) is 2. The van der Waals surface area contributed by atoms with E-state index in [9.17, 15) is 9.59 Å². The van der Waals surface area contributed by atoms with Gasteiger partial charge >= 0.3 is 5.76 Å². The third-order valence-electron chi connectivity index (χ3n) is 5.82. The van der Waals surface area contributed by atoms with Crippen molar-refractivity contribution in [1.29, 1.82) is 0 Å². The van der Waals surface area contributed by atoms with Gasteiger partial charge in [-0.05, 0) is 62.6 Å². The molecule has 3 heterocycles. The number of nitrogens with one attached hydrogen (secondary N) is 2. The second-order valence-electron chi connectivity index (χ2n) is 8.41. The first-order valence-electron chi connectivity index (χ1n) is 11.4. The number of piperidine rings is 1. The number of hydrogen-bond acceptors (Lipinski definition) is 7. The summed E-state index contributed by atoms with van der Waals surface area (Å²) in [5.74, 6) is 0.615. The number of aryl methyl sites for hydroxylation is 1. The van der Waals surface area contributed by atoms with E-state index in [4.69, 9.17) is 9.40 Å². The van der Waals surface area contributed by atoms with Gasteiger partial charge in [0.1, 0.15) is 12.4 Å². The topological polar surface area (TPSA) is 105 Å². The van der Waals surface area contributed by atoms with Gasteiger partial charge < -0.3 is 20.0 Å². The average Bonchev–Trinajstić information content (AvgIpc) is 3.15. The smallest absolute Gasteiger partial charge is 0.408 e. The van der Waals surface area contributed by atoms with E-state index in [2.05, 4.69) is 20.5 Å². The van der Waals surface area contributed by atoms with Crippen molar-refractivity contribution in [3.05, 3.63) is 70.8 Å². The summed E-state index contributed by atoms with van der Waals surface area (Å²) in [6.45, 7) is 3.87. The Morgan fingerprint density at radius 3 is 2.53 bits per heavy atom. The van der Waals surface area contributed by atoms with E-state index in [1.165, 1.54) is 23.8 Å². The van der Waals surface area contributed by atoms with Gasteiger partial charge in [0.05, 0.1) is 5.52 Å². The predicted octanol–water partition coefficient (Wildman–Crippen LogP) is 4.07. The van der Waals surface area contributed by atoms with Gasteiger partial charge in [-0.15, -0.1) is 0 Å². The van der Waals surface area contributed by atoms with Crippen LogP contribution in [-0.2, 0) is 11.3 Å². The van der Waals surface area contributed by atoms with Crippen molar-refractivity contribution in [2.75, 3.05) is 28.6 Å². The molecule has 2 aromatic carbocycles. The van der Waals surface area contributed by atoms with Crippen LogP contribution < -0.4 is 21.3 Å². The van der Waals surface area contributed by atoms with Crippen molar-refractivity contribution in [3.63, 3.8) is 0 Å². The lowest BCUT2D eigenvalue weighted by atomic mass is 10.1. The van der Waals surface area contributed by atoms with Gasteiger partial charge in [-0.3, -0.25) is 9.36 Å². The second kappa shape index (κ2) is 9.38. The van der Waals surface area contributed by atoms with Gasteiger partial charge in [-0.1, -0.05) is 12.1 Å². The molecule has 0 saturated carbocycles. The van der Waals surface area contributed by atoms with Crippen molar-refractivity contribution < 1.29 is 9.21 Å². The van der Waals surface area contributed by atoms with Crippen LogP contribution in [-0.4, -0.2) is 33.5 Å². The zero-order valence-electron chi connectivity index (χ0n) is 19.0. The number of anilines is 4. The fourth-order valence-corrected chi connectivity index (χ4v) is 4.17. The molecule has 1 fully saturated rings. The summed E-state index contributed by atoms with van der Waals surface area (Å²) in [6.07, 6.45) is 3.64. The molecule has 0 aliphatic carbocycles. The van der Waals surface area contributed by atoms with Crippen LogP contribution >= 0.6 is 0 Å². The Morgan fingerprint density at radius 2 is 1.74 bits per heavy atom. The molecule has 5 rings (SSSR count). The Bertz CT molecular complexity index is 1370. The molecule has 34 heavy (non-hydrogen) atoms. The molecule has 0 spiro atoms. The first-order chi connectivity index (χ1) is 16.5. The maximum absolute atomic E-state index is 12.5. The Morgan fingerprint density at radius 1 is 1.00 bits per heavy atom. The molecular formula is C25H26N6O3. The number of oxazole rings is 1. The third kappa shape index (κ3) is 4.78. The lowest BCUT2D eigenvalue weighted by Crippen LogP contribution is -2.30. The van der Waals surface area contributed by atoms with Crippen molar-refractivity contribution >= 4 is 40.1 Å². The molecule has 1 saturated heterocycles. The maximum atomic E-state index is 12.5. The van der Waals surface area contributed by atoms with Crippen LogP contribution in [0.5, 0.6) is 0 Å². The summed E-state index contributed by atoms with van der Waals surface area (Å²) in [5.41, 5.74) is 3.38. The molecule has 0 atom stereocenters. The van der Waals surface area contributed by atoms with E-state index >= 15 is 0 Å². The summed E-state index contributed by atoms with van der Waals surface area (Å²) in [7, 11) is 0. The lowest BCUT2D eigenvalue weighted by molar-refractivity contribution is -0.116. The Balaban J connectivity index is 1.24. The minimum absolute atomic E-state index is 0.133. The van der Waals surface area contributed by atoms with Crippen molar-refractivity contribution in [2.24, 2.45) is 0 Å². The van der Waals surface area contributed by atoms with Gasteiger partial charge in [0.25, 0.3) is 0 Å². The lowest BCUT2D eigenvalue weighted by Gasteiger charge is -2.28. The zero-order valence-corrected chi connectivity index (χ0v) is 19.0. The van der Waals surface area contributed by atoms with Crippen LogP contribution in [0.2, 0.25) is 0 Å². The van der Waals surface area contributed by atoms with Crippen LogP contribution in [0, 0.1) is 6.92 Å². The Labute approximate surface area is 196 Å². The molecule has 2 aromatic heterocycles. The van der Waals surface area contributed by atoms with Gasteiger partial charge in [0.15, 0.2) is 5.58 Å². The quantitative estimate of drug-likeness (QED) is 0.449. The van der Waals surface area contributed by atoms with Gasteiger partial charge in [0, 0.05) is 36.2 Å². The summed E-state index contributed by atoms with van der Waals surface area (Å²) < 4.78 is 6.50. The fraction of sp³-hybridized carbons (Fsp3) is 0.280. The van der Waals surface area contributed by atoms with Crippen molar-refractivity contribution in [1.82, 2.24) is 14.5 Å². The first kappa shape index (κ1) is 21.7. The molecule has 1 aliphatic rings. The molecular weight excluding hydrogens is 432 g/mol. The highest BCUT2D eigenvalue weighted by atomic mass is 16.4. The Kier molecular flexibility index (Phi) is 5.99. The molecule has 9 heteroatoms. The summed E-state index contributed by atoms with van der Waals surface area (Å²) in [5, 5.41) is 6.07. The number of para-hydroxylation sites is 2. The predicted molar refractivity (Wildman–Crippen MR) is 132 cm³/mol. The van der Waals surface area contributed by atoms with Crippen LogP contribution in [0.4, 0.5) is 23.1 Å². The maximum Gasteiger partial charge on any atom is 0.420 e. The number of amides is 1. The van der Waals surface area contributed by atoms with Crippen LogP contribution in [0.1, 0.15) is 25.0 Å². The molecule has 4 aromatic rings. The van der Waals surface area contributed by atoms with E-state index in [-0.39, 0.29) is 12.5 Å². The highest BCUT2D eigenvalue weighted by molar-refractivity contribution is 5.91. The monoisotopic (exact) mass is 458 g/mol. The normalized spacial score (nSPS) is 13.7. The number of benzene rings is 2. The highest BCUT2D eigenvalue weighted by Crippen LogP contribution is 2.22. The summed E-state index contributed by atoms with van der Waals surface area (Å²) in [6, 6.07) is 16.3. The summed E-state index contributed by atoms with van der Waals surface area (Å²) in [4.78, 5) is 36.1. The largest absolute Gasteiger partial charge is 0.420 e. The molecule has 2 N–H and O–H groups in total. The van der Waals surface area contributed by atoms with E-state index in [1.807, 2.05) is 25.1 Å². The van der Waals surface area contributed by atoms with Crippen LogP contribution in [0.15, 0.2) is 63.8 Å². The molecule has 1 amide bonds. The van der Waals surface area contributed by atoms with E-state index < -0.39 is 5.76 Å². The number of aromatic nitrogens is 3. The SMILES string of the molecule is Cc1cc(N2CCCCC2)nc(Nc2ccc(NC(=O)Cn3c(=O)oc4ccccc43)cc2)n1. The van der Waals surface area contributed by atoms with Crippen molar-refractivity contribution in [2.45, 2.75) is 32.7 Å². The van der Waals surface area contributed by atoms with Gasteiger partial charge in [-0.25, -0.2) is 9.78 Å². The number of fused-ring (bicyclic) bond motifs is 1. The highest BCUT2D eigenvalue weighted by Gasteiger charge is 2.15. The Hall–Kier alpha value is -4.14. The van der Waals surface area contributed by atoms with Crippen LogP contribution in [0.25, 0.3) is 11.1 Å². The standard InChI is InChI=1S/C25H26N6O3/c1-17-15-22(30-13-5-2-6-14-30)29-24(26-17)28-19-11-9-18(10-12-19)27-23(32)16-31-20-7-3-4-8-21(20)34-25(31)33/h3-4,7-12,15H,2,5-6,13-14,16H2,1H3,(H,27,32)(H,26,28,29). The summed E-state index contributed by atoms with van der Waals surface area (Å²) >= 11 is 0. The van der Waals surface area contributed by atoms with E-state index in [0.717, 1.165) is 30.3 Å². The fourth-order valence-electron chi connectivity index (χ4n) is 4.17. The second-order valence-corrected chi connectivity index (χ2v) is 8.41. The molecule has 9 nitrogen and oxygen atoms in total. The van der Waals surface area contributed by atoms with Crippen LogP contribution in [0.3, 0.4) is 0 Å². The minimum Gasteiger partial charge on any atom is -0.408 e. The molecule has 0 unspecified atom stereocenters.